The molecule has 0 aliphatic heterocycles. The second-order valence-electron chi connectivity index (χ2n) is 13.1. The average Bonchev–Trinajstić information content (AvgIpc) is 3.55. The van der Waals surface area contributed by atoms with Crippen LogP contribution in [0, 0.1) is 0 Å². The Kier molecular flexibility index (Phi) is 9.44. The van der Waals surface area contributed by atoms with Crippen LogP contribution in [0.4, 0.5) is 17.1 Å². The molecule has 2 N–H and O–H groups in total. The summed E-state index contributed by atoms with van der Waals surface area (Å²) >= 11 is 0. The van der Waals surface area contributed by atoms with Gasteiger partial charge < -0.3 is 19.7 Å². The molecule has 258 valence electrons. The Hall–Kier alpha value is -6.98. The number of anilines is 3. The van der Waals surface area contributed by atoms with E-state index in [1.807, 2.05) is 114 Å². The molecule has 0 aliphatic rings. The highest BCUT2D eigenvalue weighted by Gasteiger charge is 2.23. The molecule has 0 aliphatic carbocycles. The van der Waals surface area contributed by atoms with E-state index in [1.165, 1.54) is 0 Å². The number of hydrogen-bond donors (Lipinski definition) is 2. The van der Waals surface area contributed by atoms with Gasteiger partial charge in [0.05, 0.1) is 16.6 Å². The maximum Gasteiger partial charge on any atom is 0.129 e. The molecule has 8 rings (SSSR count). The van der Waals surface area contributed by atoms with E-state index in [0.29, 0.717) is 11.3 Å². The van der Waals surface area contributed by atoms with E-state index in [4.69, 9.17) is 7.85 Å². The summed E-state index contributed by atoms with van der Waals surface area (Å²) in [6.07, 6.45) is 10.5. The number of benzene rings is 7. The van der Waals surface area contributed by atoms with E-state index in [2.05, 4.69) is 77.9 Å². The third-order valence-electron chi connectivity index (χ3n) is 9.79. The summed E-state index contributed by atoms with van der Waals surface area (Å²) in [7, 11) is 6.87. The number of phenolic OH excluding ortho intramolecular Hbond substituents is 2. The molecule has 0 saturated heterocycles. The minimum absolute atomic E-state index is 0.0867. The molecule has 0 saturated carbocycles. The molecule has 2 radical (unpaired) electrons. The van der Waals surface area contributed by atoms with Gasteiger partial charge in [0.1, 0.15) is 19.3 Å². The van der Waals surface area contributed by atoms with Gasteiger partial charge in [-0.2, -0.15) is 0 Å². The topological polar surface area (TPSA) is 48.6 Å². The number of nitrogens with zero attached hydrogens (tertiary/aromatic N) is 2. The van der Waals surface area contributed by atoms with Crippen LogP contribution < -0.4 is 10.4 Å². The Morgan fingerprint density at radius 2 is 1.19 bits per heavy atom. The predicted molar refractivity (Wildman–Crippen MR) is 227 cm³/mol. The van der Waals surface area contributed by atoms with E-state index >= 15 is 0 Å². The van der Waals surface area contributed by atoms with Gasteiger partial charge in [-0.3, -0.25) is 0 Å². The predicted octanol–water partition coefficient (Wildman–Crippen LogP) is 11.6. The van der Waals surface area contributed by atoms with Gasteiger partial charge in [0.15, 0.2) is 0 Å². The first-order chi connectivity index (χ1) is 26.5. The Labute approximate surface area is 316 Å². The number of hydrogen-bond acceptors (Lipinski definition) is 3. The fourth-order valence-electron chi connectivity index (χ4n) is 7.19. The summed E-state index contributed by atoms with van der Waals surface area (Å²) in [5.41, 5.74) is 9.53. The Bertz CT molecular complexity index is 2620. The molecular weight excluding hydrogens is 659 g/mol. The van der Waals surface area contributed by atoms with Crippen molar-refractivity contribution in [2.24, 2.45) is 0 Å². The quantitative estimate of drug-likeness (QED) is 0.111. The van der Waals surface area contributed by atoms with Gasteiger partial charge in [-0.05, 0) is 82.7 Å². The molecule has 4 nitrogen and oxygen atoms in total. The SMILES string of the molecule is [B]c1c(N(c2ccc(C/C=C\C=C/C=C)cc2)c2ccc(-c3ccccc3)cc2)cc(O)c(-c2cccc(-n3c4ccccc4c4ccccc43)c2)c1O. The third kappa shape index (κ3) is 6.48. The number of rotatable bonds is 10. The van der Waals surface area contributed by atoms with E-state index in [-0.39, 0.29) is 22.5 Å². The Balaban J connectivity index is 1.21. The van der Waals surface area contributed by atoms with Crippen molar-refractivity contribution in [1.29, 1.82) is 0 Å². The lowest BCUT2D eigenvalue weighted by Crippen LogP contribution is -2.20. The highest BCUT2D eigenvalue weighted by Crippen LogP contribution is 2.44. The monoisotopic (exact) mass is 696 g/mol. The summed E-state index contributed by atoms with van der Waals surface area (Å²) in [4.78, 5) is 1.97. The Morgan fingerprint density at radius 3 is 1.85 bits per heavy atom. The number of para-hydroxylation sites is 2. The van der Waals surface area contributed by atoms with E-state index in [1.54, 1.807) is 12.1 Å². The largest absolute Gasteiger partial charge is 0.508 e. The van der Waals surface area contributed by atoms with E-state index in [9.17, 15) is 10.2 Å². The molecule has 54 heavy (non-hydrogen) atoms. The minimum Gasteiger partial charge on any atom is -0.508 e. The van der Waals surface area contributed by atoms with Crippen molar-refractivity contribution in [1.82, 2.24) is 4.57 Å². The summed E-state index contributed by atoms with van der Waals surface area (Å²) in [5, 5.41) is 26.0. The molecule has 8 aromatic rings. The van der Waals surface area contributed by atoms with Crippen LogP contribution in [0.15, 0.2) is 195 Å². The smallest absolute Gasteiger partial charge is 0.129 e. The second-order valence-corrected chi connectivity index (χ2v) is 13.1. The molecule has 0 unspecified atom stereocenters. The molecular formula is C49H37BN2O2. The maximum atomic E-state index is 11.9. The summed E-state index contributed by atoms with van der Waals surface area (Å²) in [6, 6.07) is 52.7. The van der Waals surface area contributed by atoms with Crippen LogP contribution in [0.2, 0.25) is 0 Å². The first-order valence-corrected chi connectivity index (χ1v) is 17.9. The van der Waals surface area contributed by atoms with Crippen LogP contribution in [0.25, 0.3) is 49.7 Å². The van der Waals surface area contributed by atoms with Gasteiger partial charge in [-0.1, -0.05) is 140 Å². The van der Waals surface area contributed by atoms with Crippen LogP contribution in [0.1, 0.15) is 5.56 Å². The van der Waals surface area contributed by atoms with Gasteiger partial charge in [-0.25, -0.2) is 0 Å². The number of allylic oxidation sites excluding steroid dienone is 5. The average molecular weight is 697 g/mol. The number of phenols is 2. The fraction of sp³-hybridized carbons (Fsp3) is 0.0204. The van der Waals surface area contributed by atoms with Crippen molar-refractivity contribution >= 4 is 52.2 Å². The molecule has 0 spiro atoms. The van der Waals surface area contributed by atoms with Crippen LogP contribution in [-0.2, 0) is 6.42 Å². The van der Waals surface area contributed by atoms with Crippen LogP contribution in [-0.4, -0.2) is 22.6 Å². The highest BCUT2D eigenvalue weighted by atomic mass is 16.3. The van der Waals surface area contributed by atoms with Gasteiger partial charge in [0.2, 0.25) is 0 Å². The molecule has 0 amide bonds. The summed E-state index contributed by atoms with van der Waals surface area (Å²) in [6.45, 7) is 3.71. The van der Waals surface area contributed by atoms with E-state index < -0.39 is 0 Å². The molecule has 5 heteroatoms. The zero-order chi connectivity index (χ0) is 37.0. The van der Waals surface area contributed by atoms with E-state index in [0.717, 1.165) is 62.0 Å². The zero-order valence-electron chi connectivity index (χ0n) is 29.7. The molecule has 1 heterocycles. The highest BCUT2D eigenvalue weighted by molar-refractivity contribution is 6.39. The summed E-state index contributed by atoms with van der Waals surface area (Å²) in [5.74, 6) is -0.277. The van der Waals surface area contributed by atoms with Crippen molar-refractivity contribution in [2.45, 2.75) is 6.42 Å². The van der Waals surface area contributed by atoms with Crippen molar-refractivity contribution < 1.29 is 10.2 Å². The first-order valence-electron chi connectivity index (χ1n) is 17.9. The first kappa shape index (κ1) is 34.1. The zero-order valence-corrected chi connectivity index (χ0v) is 29.7. The Morgan fingerprint density at radius 1 is 0.593 bits per heavy atom. The molecule has 7 aromatic carbocycles. The number of aromatic hydroxyl groups is 2. The normalized spacial score (nSPS) is 11.6. The summed E-state index contributed by atoms with van der Waals surface area (Å²) < 4.78 is 2.21. The number of fused-ring (bicyclic) bond motifs is 3. The van der Waals surface area contributed by atoms with Crippen molar-refractivity contribution in [3.05, 3.63) is 200 Å². The molecule has 0 fully saturated rings. The van der Waals surface area contributed by atoms with Crippen LogP contribution >= 0.6 is 0 Å². The third-order valence-corrected chi connectivity index (χ3v) is 9.79. The standard InChI is InChI=1S/C49H37BN2O2/c1-2-3-4-5-7-15-34-24-28-38(29-25-34)51(39-30-26-36(27-31-39)35-16-8-6-9-17-35)45-33-46(53)47(49(54)48(45)50)37-18-14-19-40(32-37)52-43-22-12-10-20-41(43)42-21-11-13-23-44(42)52/h2-14,16-33,53-54H,1,15H2/b4-3-,7-5-. The molecule has 1 aromatic heterocycles. The molecule has 0 bridgehead atoms. The van der Waals surface area contributed by atoms with Crippen LogP contribution in [0.3, 0.4) is 0 Å². The minimum atomic E-state index is -0.190. The van der Waals surface area contributed by atoms with Crippen molar-refractivity contribution in [3.63, 3.8) is 0 Å². The van der Waals surface area contributed by atoms with Crippen LogP contribution in [0.5, 0.6) is 11.5 Å². The van der Waals surface area contributed by atoms with Gasteiger partial charge in [0, 0.05) is 39.6 Å². The number of aromatic nitrogens is 1. The van der Waals surface area contributed by atoms with Gasteiger partial charge in [0.25, 0.3) is 0 Å². The maximum absolute atomic E-state index is 11.9. The lowest BCUT2D eigenvalue weighted by molar-refractivity contribution is 0.457. The fourth-order valence-corrected chi connectivity index (χ4v) is 7.19. The van der Waals surface area contributed by atoms with Crippen molar-refractivity contribution in [2.75, 3.05) is 4.90 Å². The lowest BCUT2D eigenvalue weighted by Gasteiger charge is -2.29. The second kappa shape index (κ2) is 14.9. The lowest BCUT2D eigenvalue weighted by atomic mass is 9.87. The van der Waals surface area contributed by atoms with Gasteiger partial charge >= 0.3 is 0 Å². The van der Waals surface area contributed by atoms with Gasteiger partial charge in [-0.15, -0.1) is 0 Å². The molecule has 0 atom stereocenters. The van der Waals surface area contributed by atoms with Crippen molar-refractivity contribution in [3.8, 4) is 39.4 Å².